The van der Waals surface area contributed by atoms with Gasteiger partial charge in [0.1, 0.15) is 39.8 Å². The first kappa shape index (κ1) is 49.9. The lowest BCUT2D eigenvalue weighted by molar-refractivity contribution is -0.176. The Bertz CT molecular complexity index is 3050. The van der Waals surface area contributed by atoms with Crippen molar-refractivity contribution in [2.45, 2.75) is 38.8 Å². The van der Waals surface area contributed by atoms with Crippen LogP contribution in [0.3, 0.4) is 0 Å². The lowest BCUT2D eigenvalue weighted by Gasteiger charge is -2.19. The number of nitriles is 1. The molecule has 0 fully saturated rings. The van der Waals surface area contributed by atoms with Crippen LogP contribution in [-0.2, 0) is 22.4 Å². The zero-order valence-electron chi connectivity index (χ0n) is 36.7. The van der Waals surface area contributed by atoms with E-state index in [1.54, 1.807) is 31.1 Å². The number of nitrogens with zero attached hydrogens (tertiary/aromatic N) is 7. The van der Waals surface area contributed by atoms with Gasteiger partial charge < -0.3 is 47.6 Å². The predicted molar refractivity (Wildman–Crippen MR) is 259 cm³/mol. The second kappa shape index (κ2) is 23.3. The van der Waals surface area contributed by atoms with Crippen LogP contribution in [0, 0.1) is 36.8 Å². The molecule has 0 spiro atoms. The Morgan fingerprint density at radius 2 is 1.10 bits per heavy atom. The van der Waals surface area contributed by atoms with E-state index in [-0.39, 0.29) is 41.0 Å². The first-order chi connectivity index (χ1) is 33.2. The summed E-state index contributed by atoms with van der Waals surface area (Å²) in [6, 6.07) is 23.9. The second-order valence-corrected chi connectivity index (χ2v) is 16.6. The summed E-state index contributed by atoms with van der Waals surface area (Å²) in [5.41, 5.74) is 22.6. The lowest BCUT2D eigenvalue weighted by Crippen LogP contribution is -2.37. The number of nitrogens with one attached hydrogen (secondary N) is 4. The van der Waals surface area contributed by atoms with E-state index in [2.05, 4.69) is 40.0 Å². The number of anilines is 6. The van der Waals surface area contributed by atoms with Gasteiger partial charge in [-0.1, -0.05) is 24.3 Å². The largest absolute Gasteiger partial charge is 0.371 e. The fraction of sp³-hybridized carbons (Fsp3) is 0.130. The SMILES string of the molecule is Cc1cc(Nc2cc(N[C@H](Cc3ccc(-n4ccnc4)cc3)C(N)=O)c(F)cc2C#N)sn1.Cc1cc(Nc2cc(N[C@H](Cc3ccc(-n4ccnc4)cc3)C(N)=O)c(F)cc2C(N)=O)sn1.OO. The van der Waals surface area contributed by atoms with E-state index in [0.29, 0.717) is 15.7 Å². The van der Waals surface area contributed by atoms with Crippen LogP contribution >= 0.6 is 23.1 Å². The second-order valence-electron chi connectivity index (χ2n) is 15.0. The number of amides is 3. The number of benzene rings is 4. The molecule has 12 N–H and O–H groups in total. The summed E-state index contributed by atoms with van der Waals surface area (Å²) in [6.07, 6.45) is 10.9. The maximum absolute atomic E-state index is 14.8. The summed E-state index contributed by atoms with van der Waals surface area (Å²) in [7, 11) is 0. The molecule has 4 heterocycles. The van der Waals surface area contributed by atoms with E-state index in [4.69, 9.17) is 27.7 Å². The summed E-state index contributed by atoms with van der Waals surface area (Å²) in [5.74, 6) is -3.45. The minimum atomic E-state index is -0.897. The van der Waals surface area contributed by atoms with Crippen LogP contribution in [-0.4, -0.2) is 68.2 Å². The van der Waals surface area contributed by atoms with Gasteiger partial charge in [0.25, 0.3) is 5.91 Å². The van der Waals surface area contributed by atoms with E-state index < -0.39 is 41.4 Å². The highest BCUT2D eigenvalue weighted by Gasteiger charge is 2.22. The summed E-state index contributed by atoms with van der Waals surface area (Å²) >= 11 is 2.42. The fourth-order valence-electron chi connectivity index (χ4n) is 6.71. The molecule has 69 heavy (non-hydrogen) atoms. The van der Waals surface area contributed by atoms with Crippen molar-refractivity contribution in [1.29, 1.82) is 5.26 Å². The van der Waals surface area contributed by atoms with Crippen LogP contribution < -0.4 is 38.5 Å². The molecule has 4 aromatic carbocycles. The van der Waals surface area contributed by atoms with Crippen molar-refractivity contribution in [2.24, 2.45) is 17.2 Å². The Hall–Kier alpha value is -8.56. The topological polar surface area (TPSA) is 303 Å². The molecule has 0 saturated carbocycles. The Kier molecular flexibility index (Phi) is 16.8. The van der Waals surface area contributed by atoms with Crippen LogP contribution in [0.2, 0.25) is 0 Å². The summed E-state index contributed by atoms with van der Waals surface area (Å²) < 4.78 is 41.6. The molecule has 0 aliphatic carbocycles. The lowest BCUT2D eigenvalue weighted by atomic mass is 10.0. The van der Waals surface area contributed by atoms with E-state index in [1.807, 2.05) is 96.0 Å². The van der Waals surface area contributed by atoms with E-state index in [9.17, 15) is 28.4 Å². The maximum Gasteiger partial charge on any atom is 0.250 e. The van der Waals surface area contributed by atoms with Gasteiger partial charge in [-0.2, -0.15) is 14.0 Å². The monoisotopic (exact) mass is 974 g/mol. The van der Waals surface area contributed by atoms with Crippen molar-refractivity contribution in [3.8, 4) is 17.4 Å². The fourth-order valence-corrected chi connectivity index (χ4v) is 8.05. The van der Waals surface area contributed by atoms with Crippen LogP contribution in [0.15, 0.2) is 122 Å². The van der Waals surface area contributed by atoms with Crippen LogP contribution in [0.5, 0.6) is 0 Å². The highest BCUT2D eigenvalue weighted by atomic mass is 32.1. The van der Waals surface area contributed by atoms with Gasteiger partial charge in [0, 0.05) is 49.0 Å². The number of aromatic nitrogens is 6. The van der Waals surface area contributed by atoms with Crippen LogP contribution in [0.4, 0.5) is 41.5 Å². The average molecular weight is 975 g/mol. The van der Waals surface area contributed by atoms with Crippen molar-refractivity contribution < 1.29 is 33.7 Å². The highest BCUT2D eigenvalue weighted by molar-refractivity contribution is 7.10. The normalized spacial score (nSPS) is 11.4. The Labute approximate surface area is 401 Å². The number of primary amides is 3. The van der Waals surface area contributed by atoms with Gasteiger partial charge in [-0.3, -0.25) is 24.9 Å². The Morgan fingerprint density at radius 1 is 0.667 bits per heavy atom. The maximum atomic E-state index is 14.8. The molecule has 3 amide bonds. The zero-order valence-corrected chi connectivity index (χ0v) is 38.3. The summed E-state index contributed by atoms with van der Waals surface area (Å²) in [5, 5.41) is 34.7. The summed E-state index contributed by atoms with van der Waals surface area (Å²) in [4.78, 5) is 44.2. The van der Waals surface area contributed by atoms with Crippen LogP contribution in [0.25, 0.3) is 11.4 Å². The van der Waals surface area contributed by atoms with Gasteiger partial charge in [-0.15, -0.1) is 0 Å². The molecule has 0 unspecified atom stereocenters. The van der Waals surface area contributed by atoms with Gasteiger partial charge in [-0.05, 0) is 109 Å². The van der Waals surface area contributed by atoms with Crippen molar-refractivity contribution in [3.63, 3.8) is 0 Å². The smallest absolute Gasteiger partial charge is 0.250 e. The molecule has 354 valence electrons. The number of imidazole rings is 2. The van der Waals surface area contributed by atoms with Crippen molar-refractivity contribution in [3.05, 3.63) is 168 Å². The van der Waals surface area contributed by atoms with Gasteiger partial charge in [0.2, 0.25) is 11.8 Å². The number of carbonyl (C=O) groups excluding carboxylic acids is 3. The van der Waals surface area contributed by atoms with Gasteiger partial charge in [-0.25, -0.2) is 18.7 Å². The molecule has 8 aromatic rings. The standard InChI is InChI=1S/C23H22FN7O2S.C23H20FN7OS.H2O2/c1-13-8-21(34-30-13)29-18-11-19(17(24)10-16(18)22(25)32)28-20(23(26)33)9-14-2-4-15(5-3-14)31-7-6-27-12-31;1-14-8-22(33-30-14)29-19-11-20(18(24)10-16(19)12-25)28-21(23(26)32)9-15-2-4-17(5-3-15)31-7-6-27-13-31;1-2/h2-8,10-12,20,28-29H,9H2,1H3,(H2,25,32)(H2,26,33);2-8,10-11,13,21,28-29H,9H2,1H3,(H2,26,32);1-2H/t20-;21-;/m11./s1. The quantitative estimate of drug-likeness (QED) is 0.0327. The Morgan fingerprint density at radius 3 is 1.48 bits per heavy atom. The molecule has 8 rings (SSSR count). The number of halogens is 2. The van der Waals surface area contributed by atoms with Gasteiger partial charge in [0.15, 0.2) is 0 Å². The molecule has 2 atom stereocenters. The highest BCUT2D eigenvalue weighted by Crippen LogP contribution is 2.32. The number of carbonyl (C=O) groups is 3. The molecular formula is C46H44F2N14O5S2. The number of hydrogen-bond acceptors (Lipinski definition) is 16. The average Bonchev–Trinajstić information content (AvgIpc) is 4.20. The first-order valence-corrected chi connectivity index (χ1v) is 22.0. The first-order valence-electron chi connectivity index (χ1n) is 20.5. The van der Waals surface area contributed by atoms with Crippen LogP contribution in [0.1, 0.15) is 38.4 Å². The summed E-state index contributed by atoms with van der Waals surface area (Å²) in [6.45, 7) is 3.68. The minimum Gasteiger partial charge on any atom is -0.371 e. The third kappa shape index (κ3) is 13.3. The van der Waals surface area contributed by atoms with E-state index in [0.717, 1.165) is 46.0 Å². The van der Waals surface area contributed by atoms with E-state index >= 15 is 0 Å². The van der Waals surface area contributed by atoms with Crippen molar-refractivity contribution >= 4 is 73.5 Å². The molecule has 0 radical (unpaired) electrons. The third-order valence-electron chi connectivity index (χ3n) is 10.1. The third-order valence-corrected chi connectivity index (χ3v) is 11.7. The molecule has 0 bridgehead atoms. The molecule has 0 saturated heterocycles. The number of aryl methyl sites for hydroxylation is 2. The van der Waals surface area contributed by atoms with Crippen molar-refractivity contribution in [1.82, 2.24) is 27.8 Å². The molecule has 19 nitrogen and oxygen atoms in total. The minimum absolute atomic E-state index is 0.00701. The molecular weight excluding hydrogens is 931 g/mol. The molecule has 4 aromatic heterocycles. The number of nitrogens with two attached hydrogens (primary N) is 3. The zero-order chi connectivity index (χ0) is 49.6. The van der Waals surface area contributed by atoms with Crippen molar-refractivity contribution in [2.75, 3.05) is 21.3 Å². The van der Waals surface area contributed by atoms with Gasteiger partial charge >= 0.3 is 0 Å². The van der Waals surface area contributed by atoms with Gasteiger partial charge in [0.05, 0.1) is 57.9 Å². The molecule has 23 heteroatoms. The number of rotatable bonds is 17. The predicted octanol–water partition coefficient (Wildman–Crippen LogP) is 7.04. The number of hydrogen-bond donors (Lipinski definition) is 9. The Balaban J connectivity index is 0.000000219. The molecule has 0 aliphatic heterocycles. The van der Waals surface area contributed by atoms with E-state index in [1.165, 1.54) is 35.2 Å². The molecule has 0 aliphatic rings.